The predicted octanol–water partition coefficient (Wildman–Crippen LogP) is 1.81. The smallest absolute Gasteiger partial charge is 0.313 e. The van der Waals surface area contributed by atoms with Crippen molar-refractivity contribution in [2.24, 2.45) is 5.92 Å². The molecule has 0 N–H and O–H groups in total. The van der Waals surface area contributed by atoms with Crippen LogP contribution in [0.2, 0.25) is 0 Å². The average Bonchev–Trinajstić information content (AvgIpc) is 2.75. The van der Waals surface area contributed by atoms with E-state index in [0.717, 1.165) is 19.3 Å². The van der Waals surface area contributed by atoms with Crippen LogP contribution in [0.1, 0.15) is 45.4 Å². The second kappa shape index (κ2) is 4.85. The molecular formula is C12H18O4. The van der Waals surface area contributed by atoms with Gasteiger partial charge < -0.3 is 9.47 Å². The molecule has 0 radical (unpaired) electrons. The highest BCUT2D eigenvalue weighted by Crippen LogP contribution is 2.35. The van der Waals surface area contributed by atoms with Crippen molar-refractivity contribution in [1.29, 1.82) is 0 Å². The number of hydrogen-bond acceptors (Lipinski definition) is 4. The zero-order valence-corrected chi connectivity index (χ0v) is 9.61. The molecule has 0 aromatic carbocycles. The zero-order valence-electron chi connectivity index (χ0n) is 9.61. The van der Waals surface area contributed by atoms with E-state index in [9.17, 15) is 9.59 Å². The average molecular weight is 226 g/mol. The summed E-state index contributed by atoms with van der Waals surface area (Å²) in [5, 5.41) is 0. The van der Waals surface area contributed by atoms with E-state index in [0.29, 0.717) is 0 Å². The van der Waals surface area contributed by atoms with Crippen molar-refractivity contribution in [3.8, 4) is 0 Å². The van der Waals surface area contributed by atoms with Crippen LogP contribution < -0.4 is 0 Å². The van der Waals surface area contributed by atoms with Gasteiger partial charge in [-0.25, -0.2) is 0 Å². The molecule has 0 saturated carbocycles. The summed E-state index contributed by atoms with van der Waals surface area (Å²) in [7, 11) is 0. The van der Waals surface area contributed by atoms with Crippen LogP contribution in [0.15, 0.2) is 0 Å². The van der Waals surface area contributed by atoms with E-state index in [1.54, 1.807) is 0 Å². The lowest BCUT2D eigenvalue weighted by Crippen LogP contribution is -2.24. The Morgan fingerprint density at radius 1 is 1.19 bits per heavy atom. The first-order valence-corrected chi connectivity index (χ1v) is 6.12. The van der Waals surface area contributed by atoms with Gasteiger partial charge >= 0.3 is 11.9 Å². The van der Waals surface area contributed by atoms with Crippen molar-refractivity contribution in [1.82, 2.24) is 0 Å². The normalized spacial score (nSPS) is 32.4. The van der Waals surface area contributed by atoms with Crippen LogP contribution in [0, 0.1) is 5.92 Å². The van der Waals surface area contributed by atoms with Crippen molar-refractivity contribution in [3.63, 3.8) is 0 Å². The molecule has 4 heteroatoms. The second-order valence-electron chi connectivity index (χ2n) is 4.59. The summed E-state index contributed by atoms with van der Waals surface area (Å²) in [5.74, 6) is -0.842. The number of unbranched alkanes of at least 4 members (excludes halogenated alkanes) is 3. The van der Waals surface area contributed by atoms with E-state index in [2.05, 4.69) is 6.92 Å². The largest absolute Gasteiger partial charge is 0.458 e. The van der Waals surface area contributed by atoms with Gasteiger partial charge in [-0.2, -0.15) is 0 Å². The number of ether oxygens (including phenoxy) is 2. The van der Waals surface area contributed by atoms with E-state index in [1.165, 1.54) is 12.8 Å². The van der Waals surface area contributed by atoms with E-state index in [-0.39, 0.29) is 36.5 Å². The third-order valence-corrected chi connectivity index (χ3v) is 3.33. The minimum Gasteiger partial charge on any atom is -0.458 e. The number of rotatable bonds is 5. The molecule has 0 aliphatic carbocycles. The summed E-state index contributed by atoms with van der Waals surface area (Å²) in [5.41, 5.74) is 0. The molecule has 16 heavy (non-hydrogen) atoms. The van der Waals surface area contributed by atoms with Gasteiger partial charge in [-0.15, -0.1) is 0 Å². The predicted molar refractivity (Wildman–Crippen MR) is 56.6 cm³/mol. The van der Waals surface area contributed by atoms with E-state index in [4.69, 9.17) is 9.47 Å². The highest BCUT2D eigenvalue weighted by molar-refractivity contribution is 5.85. The summed E-state index contributed by atoms with van der Waals surface area (Å²) >= 11 is 0. The lowest BCUT2D eigenvalue weighted by molar-refractivity contribution is -0.152. The molecule has 0 amide bonds. The summed E-state index contributed by atoms with van der Waals surface area (Å²) in [6.45, 7) is 2.16. The maximum absolute atomic E-state index is 11.4. The Bertz CT molecular complexity index is 287. The molecule has 4 nitrogen and oxygen atoms in total. The van der Waals surface area contributed by atoms with Crippen LogP contribution in [-0.2, 0) is 19.1 Å². The molecular weight excluding hydrogens is 208 g/mol. The molecule has 0 spiro atoms. The first-order chi connectivity index (χ1) is 7.72. The quantitative estimate of drug-likeness (QED) is 0.530. The monoisotopic (exact) mass is 226 g/mol. The molecule has 3 unspecified atom stereocenters. The van der Waals surface area contributed by atoms with Gasteiger partial charge in [0.05, 0.1) is 6.42 Å². The Labute approximate surface area is 95.3 Å². The van der Waals surface area contributed by atoms with E-state index >= 15 is 0 Å². The second-order valence-corrected chi connectivity index (χ2v) is 4.59. The Morgan fingerprint density at radius 2 is 2.00 bits per heavy atom. The number of carbonyl (C=O) groups is 2. The van der Waals surface area contributed by atoms with Gasteiger partial charge in [0.2, 0.25) is 0 Å². The molecule has 2 aliphatic rings. The van der Waals surface area contributed by atoms with Gasteiger partial charge in [0.25, 0.3) is 0 Å². The van der Waals surface area contributed by atoms with Crippen LogP contribution in [-0.4, -0.2) is 24.1 Å². The van der Waals surface area contributed by atoms with Crippen LogP contribution in [0.4, 0.5) is 0 Å². The van der Waals surface area contributed by atoms with E-state index < -0.39 is 0 Å². The fourth-order valence-electron chi connectivity index (χ4n) is 2.43. The van der Waals surface area contributed by atoms with Gasteiger partial charge in [-0.05, 0) is 12.8 Å². The van der Waals surface area contributed by atoms with Gasteiger partial charge in [0, 0.05) is 0 Å². The fourth-order valence-corrected chi connectivity index (χ4v) is 2.43. The van der Waals surface area contributed by atoms with Crippen LogP contribution in [0.3, 0.4) is 0 Å². The fraction of sp³-hybridized carbons (Fsp3) is 0.833. The molecule has 3 atom stereocenters. The van der Waals surface area contributed by atoms with Gasteiger partial charge in [-0.3, -0.25) is 9.59 Å². The first kappa shape index (κ1) is 11.4. The van der Waals surface area contributed by atoms with Crippen molar-refractivity contribution in [2.75, 3.05) is 0 Å². The van der Waals surface area contributed by atoms with Gasteiger partial charge in [-0.1, -0.05) is 26.2 Å². The molecule has 90 valence electrons. The number of fused-ring (bicyclic) bond motifs is 1. The van der Waals surface area contributed by atoms with Crippen molar-refractivity contribution in [3.05, 3.63) is 0 Å². The molecule has 0 bridgehead atoms. The molecule has 2 saturated heterocycles. The maximum Gasteiger partial charge on any atom is 0.313 e. The molecule has 0 aromatic rings. The standard InChI is InChI=1S/C12H18O4/c1-2-3-4-5-6-9-11-8(12(14)15-9)7-10(13)16-11/h8-9,11H,2-7H2,1H3. The van der Waals surface area contributed by atoms with E-state index in [1.807, 2.05) is 0 Å². The topological polar surface area (TPSA) is 52.6 Å². The zero-order chi connectivity index (χ0) is 11.5. The van der Waals surface area contributed by atoms with Gasteiger partial charge in [0.1, 0.15) is 12.0 Å². The third kappa shape index (κ3) is 2.20. The lowest BCUT2D eigenvalue weighted by Gasteiger charge is -2.15. The van der Waals surface area contributed by atoms with Crippen molar-refractivity contribution < 1.29 is 19.1 Å². The number of carbonyl (C=O) groups excluding carboxylic acids is 2. The summed E-state index contributed by atoms with van der Waals surface area (Å²) in [4.78, 5) is 22.5. The molecule has 2 rings (SSSR count). The Hall–Kier alpha value is -1.06. The Balaban J connectivity index is 1.82. The highest BCUT2D eigenvalue weighted by atomic mass is 16.6. The number of cyclic esters (lactones) is 1. The first-order valence-electron chi connectivity index (χ1n) is 6.12. The SMILES string of the molecule is CCCCCCC1OC(=O)C2CC(=O)OC12. The number of esters is 2. The van der Waals surface area contributed by atoms with Gasteiger partial charge in [0.15, 0.2) is 6.10 Å². The van der Waals surface area contributed by atoms with Crippen molar-refractivity contribution in [2.45, 2.75) is 57.7 Å². The minimum atomic E-state index is -0.330. The highest BCUT2D eigenvalue weighted by Gasteiger charge is 2.52. The minimum absolute atomic E-state index is 0.194. The van der Waals surface area contributed by atoms with Crippen LogP contribution in [0.5, 0.6) is 0 Å². The molecule has 2 aliphatic heterocycles. The summed E-state index contributed by atoms with van der Waals surface area (Å²) in [6.07, 6.45) is 5.10. The summed E-state index contributed by atoms with van der Waals surface area (Å²) in [6, 6.07) is 0. The van der Waals surface area contributed by atoms with Crippen molar-refractivity contribution >= 4 is 11.9 Å². The molecule has 2 fully saturated rings. The lowest BCUT2D eigenvalue weighted by atomic mass is 9.97. The Morgan fingerprint density at radius 3 is 2.75 bits per heavy atom. The summed E-state index contributed by atoms with van der Waals surface area (Å²) < 4.78 is 10.4. The molecule has 0 aromatic heterocycles. The maximum atomic E-state index is 11.4. The van der Waals surface area contributed by atoms with Crippen LogP contribution >= 0.6 is 0 Å². The number of hydrogen-bond donors (Lipinski definition) is 0. The van der Waals surface area contributed by atoms with Crippen LogP contribution in [0.25, 0.3) is 0 Å². The third-order valence-electron chi connectivity index (χ3n) is 3.33. The molecule has 2 heterocycles. The Kier molecular flexibility index (Phi) is 3.46.